The van der Waals surface area contributed by atoms with Crippen LogP contribution in [0.2, 0.25) is 10.0 Å². The van der Waals surface area contributed by atoms with E-state index in [2.05, 4.69) is 4.74 Å². The van der Waals surface area contributed by atoms with Gasteiger partial charge in [0.15, 0.2) is 0 Å². The van der Waals surface area contributed by atoms with Gasteiger partial charge in [0.25, 0.3) is 6.08 Å². The summed E-state index contributed by atoms with van der Waals surface area (Å²) in [5.74, 6) is -12.4. The van der Waals surface area contributed by atoms with Gasteiger partial charge in [-0.3, -0.25) is 0 Å². The molecule has 0 bridgehead atoms. The molecule has 0 aliphatic rings. The molecule has 0 saturated heterocycles. The lowest BCUT2D eigenvalue weighted by molar-refractivity contribution is -0.189. The minimum Gasteiger partial charge on any atom is -0.429 e. The topological polar surface area (TPSA) is 9.23 Å². The van der Waals surface area contributed by atoms with Gasteiger partial charge in [-0.05, 0) is 102 Å². The minimum atomic E-state index is -4.80. The second kappa shape index (κ2) is 14.3. The van der Waals surface area contributed by atoms with Crippen LogP contribution in [0.3, 0.4) is 0 Å². The van der Waals surface area contributed by atoms with Crippen LogP contribution in [-0.4, -0.2) is 0 Å². The van der Waals surface area contributed by atoms with E-state index in [0.717, 1.165) is 30.3 Å². The molecule has 0 aliphatic carbocycles. The molecule has 0 unspecified atom stereocenters. The van der Waals surface area contributed by atoms with Crippen molar-refractivity contribution in [2.24, 2.45) is 0 Å². The van der Waals surface area contributed by atoms with Crippen LogP contribution in [0, 0.1) is 46.5 Å². The van der Waals surface area contributed by atoms with Crippen molar-refractivity contribution in [3.8, 4) is 39.1 Å². The molecule has 1 nitrogen and oxygen atoms in total. The molecule has 15 heteroatoms. The highest BCUT2D eigenvalue weighted by Gasteiger charge is 2.41. The van der Waals surface area contributed by atoms with E-state index < -0.39 is 108 Å². The molecule has 0 aliphatic heterocycles. The number of hydrogen-bond acceptors (Lipinski definition) is 1. The Morgan fingerprint density at radius 3 is 1.66 bits per heavy atom. The number of ether oxygens (including phenoxy) is 1. The predicted octanol–water partition coefficient (Wildman–Crippen LogP) is 12.9. The Morgan fingerprint density at radius 1 is 0.600 bits per heavy atom. The van der Waals surface area contributed by atoms with Crippen molar-refractivity contribution in [1.82, 2.24) is 0 Å². The van der Waals surface area contributed by atoms with Crippen LogP contribution >= 0.6 is 23.2 Å². The number of rotatable bonds is 9. The second-order valence-electron chi connectivity index (χ2n) is 10.6. The van der Waals surface area contributed by atoms with Gasteiger partial charge in [-0.25, -0.2) is 35.1 Å². The van der Waals surface area contributed by atoms with Crippen LogP contribution in [0.15, 0.2) is 78.9 Å². The Hall–Kier alpha value is -4.62. The molecule has 0 atom stereocenters. The van der Waals surface area contributed by atoms with Crippen LogP contribution in [0.25, 0.3) is 33.4 Å². The molecule has 0 saturated carbocycles. The molecule has 5 aromatic rings. The van der Waals surface area contributed by atoms with Crippen molar-refractivity contribution in [3.05, 3.63) is 147 Å². The molecule has 0 amide bonds. The smallest absolute Gasteiger partial charge is 0.429 e. The Morgan fingerprint density at radius 2 is 1.12 bits per heavy atom. The third-order valence-corrected chi connectivity index (χ3v) is 7.93. The molecule has 50 heavy (non-hydrogen) atoms. The van der Waals surface area contributed by atoms with E-state index in [0.29, 0.717) is 30.3 Å². The first kappa shape index (κ1) is 36.7. The lowest BCUT2D eigenvalue weighted by atomic mass is 9.96. The van der Waals surface area contributed by atoms with Crippen molar-refractivity contribution in [3.63, 3.8) is 0 Å². The van der Waals surface area contributed by atoms with Gasteiger partial charge >= 0.3 is 6.11 Å². The number of benzene rings is 5. The Labute approximate surface area is 285 Å². The Kier molecular flexibility index (Phi) is 10.5. The monoisotopic (exact) mass is 750 g/mol. The molecule has 0 N–H and O–H groups in total. The summed E-state index contributed by atoms with van der Waals surface area (Å²) in [5, 5.41) is -1.49. The van der Waals surface area contributed by atoms with Crippen LogP contribution in [0.4, 0.5) is 52.7 Å². The summed E-state index contributed by atoms with van der Waals surface area (Å²) in [7, 11) is 0. The van der Waals surface area contributed by atoms with Crippen molar-refractivity contribution in [2.75, 3.05) is 0 Å². The molecular formula is C35H16Cl2F12O. The number of allylic oxidation sites excluding steroid dienone is 1. The molecule has 5 rings (SSSR count). The second-order valence-corrected chi connectivity index (χ2v) is 11.4. The highest BCUT2D eigenvalue weighted by atomic mass is 35.5. The Bertz CT molecular complexity index is 2070. The summed E-state index contributed by atoms with van der Waals surface area (Å²) < 4.78 is 177. The maximum absolute atomic E-state index is 15.3. The fraction of sp³-hybridized carbons (Fsp3) is 0.0857. The van der Waals surface area contributed by atoms with E-state index in [1.54, 1.807) is 0 Å². The van der Waals surface area contributed by atoms with Crippen molar-refractivity contribution in [2.45, 2.75) is 19.0 Å². The minimum absolute atomic E-state index is 0.0183. The molecule has 0 spiro atoms. The third kappa shape index (κ3) is 7.58. The summed E-state index contributed by atoms with van der Waals surface area (Å²) >= 11 is 11.5. The number of hydrogen-bond donors (Lipinski definition) is 0. The average Bonchev–Trinajstić information content (AvgIpc) is 2.98. The van der Waals surface area contributed by atoms with Gasteiger partial charge in [-0.15, -0.1) is 0 Å². The van der Waals surface area contributed by atoms with Gasteiger partial charge in [0.05, 0.1) is 10.6 Å². The van der Waals surface area contributed by atoms with E-state index in [9.17, 15) is 30.7 Å². The average molecular weight is 751 g/mol. The zero-order valence-corrected chi connectivity index (χ0v) is 26.1. The summed E-state index contributed by atoms with van der Waals surface area (Å²) in [6.45, 7) is 0. The third-order valence-electron chi connectivity index (χ3n) is 7.27. The summed E-state index contributed by atoms with van der Waals surface area (Å²) in [6, 6.07) is 7.00. The van der Waals surface area contributed by atoms with Crippen LogP contribution in [-0.2, 0) is 12.5 Å². The quantitative estimate of drug-likeness (QED) is 0.108. The Balaban J connectivity index is 1.42. The van der Waals surface area contributed by atoms with Gasteiger partial charge in [0.2, 0.25) is 0 Å². The van der Waals surface area contributed by atoms with E-state index >= 15 is 22.0 Å². The normalized spacial score (nSPS) is 11.6. The number of alkyl halides is 2. The highest BCUT2D eigenvalue weighted by molar-refractivity contribution is 6.33. The number of aryl methyl sites for hydroxylation is 1. The molecule has 0 fully saturated rings. The number of halogens is 14. The van der Waals surface area contributed by atoms with Crippen LogP contribution < -0.4 is 4.74 Å². The van der Waals surface area contributed by atoms with Gasteiger partial charge in [-0.1, -0.05) is 23.2 Å². The summed E-state index contributed by atoms with van der Waals surface area (Å²) in [5.41, 5.74) is -5.38. The maximum Gasteiger partial charge on any atom is 0.432 e. The lowest BCUT2D eigenvalue weighted by Gasteiger charge is -2.20. The van der Waals surface area contributed by atoms with Crippen molar-refractivity contribution in [1.29, 1.82) is 0 Å². The molecular weight excluding hydrogens is 735 g/mol. The first-order chi connectivity index (χ1) is 23.5. The van der Waals surface area contributed by atoms with Gasteiger partial charge in [-0.2, -0.15) is 17.6 Å². The maximum atomic E-state index is 15.3. The van der Waals surface area contributed by atoms with Crippen LogP contribution in [0.5, 0.6) is 5.75 Å². The summed E-state index contributed by atoms with van der Waals surface area (Å²) in [4.78, 5) is 0. The first-order valence-corrected chi connectivity index (χ1v) is 14.7. The molecule has 260 valence electrons. The lowest BCUT2D eigenvalue weighted by Crippen LogP contribution is -2.25. The zero-order valence-electron chi connectivity index (χ0n) is 24.5. The molecule has 5 aromatic carbocycles. The van der Waals surface area contributed by atoms with Crippen LogP contribution in [0.1, 0.15) is 17.5 Å². The SMILES string of the molecule is FC(F)=CCCc1cc(F)c(-c2cc(F)c(-c3cc(F)c(C(F)(F)Oc4ccc(-c5cc(F)c(Cl)c(F)c5)c(F)c4)c(F)c3)c(Cl)c2)c(F)c1. The van der Waals surface area contributed by atoms with E-state index in [1.807, 2.05) is 0 Å². The van der Waals surface area contributed by atoms with Gasteiger partial charge < -0.3 is 4.74 Å². The zero-order chi connectivity index (χ0) is 36.7. The highest BCUT2D eigenvalue weighted by Crippen LogP contribution is 2.41. The summed E-state index contributed by atoms with van der Waals surface area (Å²) in [6.07, 6.45) is -6.58. The largest absolute Gasteiger partial charge is 0.432 e. The van der Waals surface area contributed by atoms with E-state index in [1.165, 1.54) is 0 Å². The fourth-order valence-electron chi connectivity index (χ4n) is 5.09. The standard InChI is InChI=1S/C35H16Cl2F12O/c36-21-8-17(32-23(39)6-15(7-24(32)40)2-1-3-30(46)47)11-25(41)31(21)18-12-26(42)33(27(43)13-18)35(48,49)50-19-4-5-20(22(38)14-19)16-9-28(44)34(37)29(45)10-16/h3-14H,1-2H2. The fourth-order valence-corrected chi connectivity index (χ4v) is 5.51. The van der Waals surface area contributed by atoms with Crippen molar-refractivity contribution >= 4 is 23.2 Å². The van der Waals surface area contributed by atoms with Crippen molar-refractivity contribution < 1.29 is 57.4 Å². The molecule has 0 aromatic heterocycles. The molecule has 0 radical (unpaired) electrons. The first-order valence-electron chi connectivity index (χ1n) is 14.0. The van der Waals surface area contributed by atoms with Gasteiger partial charge in [0.1, 0.15) is 62.9 Å². The molecule has 0 heterocycles. The predicted molar refractivity (Wildman–Crippen MR) is 162 cm³/mol. The van der Waals surface area contributed by atoms with E-state index in [4.69, 9.17) is 23.2 Å². The van der Waals surface area contributed by atoms with Gasteiger partial charge in [0, 0.05) is 17.2 Å². The van der Waals surface area contributed by atoms with E-state index in [-0.39, 0.29) is 36.1 Å².